The SMILES string of the molecule is COc1ccc(C#N)cc1CNCCCCOC(C)C. The topological polar surface area (TPSA) is 54.3 Å². The van der Waals surface area contributed by atoms with Crippen LogP contribution in [0.3, 0.4) is 0 Å². The average Bonchev–Trinajstić information content (AvgIpc) is 2.45. The van der Waals surface area contributed by atoms with Crippen molar-refractivity contribution in [2.75, 3.05) is 20.3 Å². The van der Waals surface area contributed by atoms with E-state index in [2.05, 4.69) is 11.4 Å². The Morgan fingerprint density at radius 2 is 2.10 bits per heavy atom. The Balaban J connectivity index is 2.29. The summed E-state index contributed by atoms with van der Waals surface area (Å²) in [7, 11) is 1.65. The Morgan fingerprint density at radius 1 is 1.30 bits per heavy atom. The number of hydrogen-bond acceptors (Lipinski definition) is 4. The molecule has 0 aromatic heterocycles. The van der Waals surface area contributed by atoms with Crippen LogP contribution in [0.2, 0.25) is 0 Å². The molecule has 0 saturated carbocycles. The van der Waals surface area contributed by atoms with Gasteiger partial charge in [0.15, 0.2) is 0 Å². The molecule has 0 amide bonds. The maximum Gasteiger partial charge on any atom is 0.123 e. The first kappa shape index (κ1) is 16.5. The second kappa shape index (κ2) is 9.35. The third kappa shape index (κ3) is 6.05. The molecule has 0 saturated heterocycles. The molecule has 0 heterocycles. The molecule has 4 heteroatoms. The highest BCUT2D eigenvalue weighted by atomic mass is 16.5. The van der Waals surface area contributed by atoms with E-state index < -0.39 is 0 Å². The molecule has 1 aromatic carbocycles. The van der Waals surface area contributed by atoms with Gasteiger partial charge in [0.1, 0.15) is 5.75 Å². The Morgan fingerprint density at radius 3 is 2.75 bits per heavy atom. The Labute approximate surface area is 121 Å². The molecule has 1 rings (SSSR count). The van der Waals surface area contributed by atoms with E-state index in [0.717, 1.165) is 37.3 Å². The number of benzene rings is 1. The quantitative estimate of drug-likeness (QED) is 0.705. The highest BCUT2D eigenvalue weighted by Crippen LogP contribution is 2.19. The molecule has 0 fully saturated rings. The van der Waals surface area contributed by atoms with E-state index in [-0.39, 0.29) is 0 Å². The van der Waals surface area contributed by atoms with Gasteiger partial charge in [0.2, 0.25) is 0 Å². The zero-order chi connectivity index (χ0) is 14.8. The molecule has 4 nitrogen and oxygen atoms in total. The zero-order valence-corrected chi connectivity index (χ0v) is 12.6. The lowest BCUT2D eigenvalue weighted by Crippen LogP contribution is -2.16. The lowest BCUT2D eigenvalue weighted by Gasteiger charge is -2.10. The molecule has 1 N–H and O–H groups in total. The molecular weight excluding hydrogens is 252 g/mol. The van der Waals surface area contributed by atoms with Crippen LogP contribution in [0.5, 0.6) is 5.75 Å². The van der Waals surface area contributed by atoms with Crippen LogP contribution in [0.1, 0.15) is 37.8 Å². The standard InChI is InChI=1S/C16H24N2O2/c1-13(2)20-9-5-4-8-18-12-15-10-14(11-17)6-7-16(15)19-3/h6-7,10,13,18H,4-5,8-9,12H2,1-3H3. The fourth-order valence-electron chi connectivity index (χ4n) is 1.88. The third-order valence-electron chi connectivity index (χ3n) is 2.92. The molecule has 1 aromatic rings. The number of nitrogens with zero attached hydrogens (tertiary/aromatic N) is 1. The second-order valence-electron chi connectivity index (χ2n) is 4.94. The number of hydrogen-bond donors (Lipinski definition) is 1. The molecule has 0 bridgehead atoms. The van der Waals surface area contributed by atoms with Gasteiger partial charge in [-0.05, 0) is 51.4 Å². The van der Waals surface area contributed by atoms with Crippen molar-refractivity contribution >= 4 is 0 Å². The van der Waals surface area contributed by atoms with E-state index >= 15 is 0 Å². The fourth-order valence-corrected chi connectivity index (χ4v) is 1.88. The predicted octanol–water partition coefficient (Wildman–Crippen LogP) is 2.86. The largest absolute Gasteiger partial charge is 0.496 e. The van der Waals surface area contributed by atoms with Crippen LogP contribution in [0.15, 0.2) is 18.2 Å². The summed E-state index contributed by atoms with van der Waals surface area (Å²) < 4.78 is 10.8. The Hall–Kier alpha value is -1.57. The fraction of sp³-hybridized carbons (Fsp3) is 0.562. The molecule has 0 spiro atoms. The number of rotatable bonds is 9. The van der Waals surface area contributed by atoms with E-state index in [1.807, 2.05) is 26.0 Å². The summed E-state index contributed by atoms with van der Waals surface area (Å²) in [5.41, 5.74) is 1.68. The van der Waals surface area contributed by atoms with Crippen molar-refractivity contribution in [3.05, 3.63) is 29.3 Å². The lowest BCUT2D eigenvalue weighted by molar-refractivity contribution is 0.0760. The molecule has 110 valence electrons. The van der Waals surface area contributed by atoms with Gasteiger partial charge in [-0.2, -0.15) is 5.26 Å². The van der Waals surface area contributed by atoms with Crippen molar-refractivity contribution in [1.82, 2.24) is 5.32 Å². The summed E-state index contributed by atoms with van der Waals surface area (Å²) in [6.45, 7) is 6.55. The van der Waals surface area contributed by atoms with Crippen molar-refractivity contribution in [2.45, 2.75) is 39.3 Å². The van der Waals surface area contributed by atoms with E-state index in [1.165, 1.54) is 0 Å². The van der Waals surface area contributed by atoms with Gasteiger partial charge in [0, 0.05) is 18.7 Å². The number of nitriles is 1. The number of unbranched alkanes of at least 4 members (excludes halogenated alkanes) is 1. The first-order chi connectivity index (χ1) is 9.67. The number of nitrogens with one attached hydrogen (secondary N) is 1. The average molecular weight is 276 g/mol. The molecule has 0 aliphatic rings. The third-order valence-corrected chi connectivity index (χ3v) is 2.92. The predicted molar refractivity (Wildman–Crippen MR) is 79.7 cm³/mol. The van der Waals surface area contributed by atoms with E-state index in [0.29, 0.717) is 18.2 Å². The molecule has 0 unspecified atom stereocenters. The minimum absolute atomic E-state index is 0.306. The van der Waals surface area contributed by atoms with Crippen LogP contribution >= 0.6 is 0 Å². The van der Waals surface area contributed by atoms with Crippen molar-refractivity contribution in [1.29, 1.82) is 5.26 Å². The van der Waals surface area contributed by atoms with Gasteiger partial charge >= 0.3 is 0 Å². The lowest BCUT2D eigenvalue weighted by atomic mass is 10.1. The maximum atomic E-state index is 8.91. The van der Waals surface area contributed by atoms with Gasteiger partial charge < -0.3 is 14.8 Å². The highest BCUT2D eigenvalue weighted by Gasteiger charge is 2.04. The Kier molecular flexibility index (Phi) is 7.71. The zero-order valence-electron chi connectivity index (χ0n) is 12.6. The summed E-state index contributed by atoms with van der Waals surface area (Å²) in [4.78, 5) is 0. The molecular formula is C16H24N2O2. The van der Waals surface area contributed by atoms with Crippen molar-refractivity contribution in [3.8, 4) is 11.8 Å². The smallest absolute Gasteiger partial charge is 0.123 e. The van der Waals surface area contributed by atoms with Gasteiger partial charge in [-0.15, -0.1) is 0 Å². The minimum atomic E-state index is 0.306. The van der Waals surface area contributed by atoms with Gasteiger partial charge in [-0.25, -0.2) is 0 Å². The summed E-state index contributed by atoms with van der Waals surface area (Å²) >= 11 is 0. The maximum absolute atomic E-state index is 8.91. The summed E-state index contributed by atoms with van der Waals surface area (Å²) in [6, 6.07) is 7.63. The molecule has 0 radical (unpaired) electrons. The molecule has 0 aliphatic heterocycles. The van der Waals surface area contributed by atoms with E-state index in [4.69, 9.17) is 14.7 Å². The first-order valence-corrected chi connectivity index (χ1v) is 7.06. The van der Waals surface area contributed by atoms with Crippen molar-refractivity contribution < 1.29 is 9.47 Å². The summed E-state index contributed by atoms with van der Waals surface area (Å²) in [5, 5.41) is 12.3. The van der Waals surface area contributed by atoms with Crippen LogP contribution in [-0.2, 0) is 11.3 Å². The number of ether oxygens (including phenoxy) is 2. The first-order valence-electron chi connectivity index (χ1n) is 7.06. The highest BCUT2D eigenvalue weighted by molar-refractivity contribution is 5.41. The molecule has 20 heavy (non-hydrogen) atoms. The summed E-state index contributed by atoms with van der Waals surface area (Å²) in [5.74, 6) is 0.819. The van der Waals surface area contributed by atoms with Gasteiger partial charge in [0.05, 0.1) is 24.8 Å². The van der Waals surface area contributed by atoms with Gasteiger partial charge in [-0.1, -0.05) is 0 Å². The van der Waals surface area contributed by atoms with Crippen LogP contribution in [0.25, 0.3) is 0 Å². The molecule has 0 aliphatic carbocycles. The van der Waals surface area contributed by atoms with Crippen LogP contribution in [0, 0.1) is 11.3 Å². The van der Waals surface area contributed by atoms with Crippen LogP contribution in [0.4, 0.5) is 0 Å². The second-order valence-corrected chi connectivity index (χ2v) is 4.94. The van der Waals surface area contributed by atoms with Gasteiger partial charge in [0.25, 0.3) is 0 Å². The minimum Gasteiger partial charge on any atom is -0.496 e. The Bertz CT molecular complexity index is 439. The summed E-state index contributed by atoms with van der Waals surface area (Å²) in [6.07, 6.45) is 2.44. The van der Waals surface area contributed by atoms with Crippen molar-refractivity contribution in [2.24, 2.45) is 0 Å². The monoisotopic (exact) mass is 276 g/mol. The molecule has 0 atom stereocenters. The van der Waals surface area contributed by atoms with E-state index in [9.17, 15) is 0 Å². The van der Waals surface area contributed by atoms with Crippen molar-refractivity contribution in [3.63, 3.8) is 0 Å². The van der Waals surface area contributed by atoms with Crippen LogP contribution in [-0.4, -0.2) is 26.4 Å². The van der Waals surface area contributed by atoms with Gasteiger partial charge in [-0.3, -0.25) is 0 Å². The van der Waals surface area contributed by atoms with E-state index in [1.54, 1.807) is 13.2 Å². The van der Waals surface area contributed by atoms with Crippen LogP contribution < -0.4 is 10.1 Å². The normalized spacial score (nSPS) is 10.6. The number of methoxy groups -OCH3 is 1.